The van der Waals surface area contributed by atoms with Gasteiger partial charge in [-0.15, -0.1) is 0 Å². The third kappa shape index (κ3) is 1.31. The highest BCUT2D eigenvalue weighted by Gasteiger charge is 2.10. The van der Waals surface area contributed by atoms with Gasteiger partial charge < -0.3 is 10.1 Å². The molecule has 0 atom stereocenters. The Morgan fingerprint density at radius 1 is 1.19 bits per heavy atom. The number of hydrogen-bond acceptors (Lipinski definition) is 4. The highest BCUT2D eigenvalue weighted by Crippen LogP contribution is 2.32. The zero-order valence-corrected chi connectivity index (χ0v) is 9.11. The molecule has 1 aliphatic rings. The second kappa shape index (κ2) is 3.20. The van der Waals surface area contributed by atoms with Crippen LogP contribution in [-0.4, -0.2) is 9.97 Å². The lowest BCUT2D eigenvalue weighted by atomic mass is 10.1. The van der Waals surface area contributed by atoms with Crippen molar-refractivity contribution in [1.29, 1.82) is 0 Å². The molecule has 1 aliphatic heterocycles. The molecule has 2 heterocycles. The predicted octanol–water partition coefficient (Wildman–Crippen LogP) is 2.52. The Bertz CT molecular complexity index is 605. The minimum Gasteiger partial charge on any atom is -0.461 e. The Morgan fingerprint density at radius 2 is 2.06 bits per heavy atom. The second-order valence-corrected chi connectivity index (χ2v) is 3.79. The van der Waals surface area contributed by atoms with E-state index >= 15 is 0 Å². The van der Waals surface area contributed by atoms with Gasteiger partial charge in [-0.05, 0) is 19.9 Å². The first-order valence-electron chi connectivity index (χ1n) is 5.11. The number of nitrogens with one attached hydrogen (secondary N) is 1. The first kappa shape index (κ1) is 9.15. The first-order chi connectivity index (χ1) is 7.74. The molecular formula is C12H11N3O. The summed E-state index contributed by atoms with van der Waals surface area (Å²) in [5.74, 6) is 1.58. The number of rotatable bonds is 0. The van der Waals surface area contributed by atoms with Gasteiger partial charge in [0.05, 0.1) is 11.2 Å². The van der Waals surface area contributed by atoms with Gasteiger partial charge in [0.15, 0.2) is 5.75 Å². The summed E-state index contributed by atoms with van der Waals surface area (Å²) in [7, 11) is 0. The van der Waals surface area contributed by atoms with Crippen LogP contribution in [-0.2, 0) is 0 Å². The van der Waals surface area contributed by atoms with Gasteiger partial charge in [-0.25, -0.2) is 9.97 Å². The fourth-order valence-electron chi connectivity index (χ4n) is 1.90. The molecule has 4 nitrogen and oxygen atoms in total. The molecule has 80 valence electrons. The monoisotopic (exact) mass is 213 g/mol. The molecule has 0 saturated carbocycles. The van der Waals surface area contributed by atoms with E-state index in [1.54, 1.807) is 12.5 Å². The lowest BCUT2D eigenvalue weighted by Crippen LogP contribution is -2.01. The number of aromatic nitrogens is 2. The highest BCUT2D eigenvalue weighted by atomic mass is 16.5. The van der Waals surface area contributed by atoms with E-state index in [0.29, 0.717) is 0 Å². The van der Waals surface area contributed by atoms with Gasteiger partial charge in [-0.3, -0.25) is 0 Å². The maximum absolute atomic E-state index is 5.41. The van der Waals surface area contributed by atoms with Crippen molar-refractivity contribution < 1.29 is 4.74 Å². The van der Waals surface area contributed by atoms with Crippen molar-refractivity contribution >= 4 is 16.6 Å². The molecule has 1 N–H and O–H groups in total. The third-order valence-electron chi connectivity index (χ3n) is 2.60. The Morgan fingerprint density at radius 3 is 2.94 bits per heavy atom. The van der Waals surface area contributed by atoms with Crippen molar-refractivity contribution in [3.8, 4) is 5.75 Å². The molecule has 0 bridgehead atoms. The normalized spacial score (nSPS) is 13.1. The molecule has 2 aromatic rings. The van der Waals surface area contributed by atoms with E-state index in [9.17, 15) is 0 Å². The quantitative estimate of drug-likeness (QED) is 0.730. The number of benzene rings is 1. The fraction of sp³-hybridized carbons (Fsp3) is 0.167. The van der Waals surface area contributed by atoms with Crippen LogP contribution in [0.4, 0.5) is 5.69 Å². The molecule has 0 spiro atoms. The molecule has 4 heteroatoms. The van der Waals surface area contributed by atoms with E-state index in [0.717, 1.165) is 33.9 Å². The number of hydrogen-bond donors (Lipinski definition) is 1. The van der Waals surface area contributed by atoms with Gasteiger partial charge in [0, 0.05) is 23.3 Å². The SMILES string of the molecule is Cc1nc(C)c2cc3c(cc2n1)OC=CN3. The van der Waals surface area contributed by atoms with Crippen molar-refractivity contribution in [1.82, 2.24) is 9.97 Å². The topological polar surface area (TPSA) is 47.0 Å². The summed E-state index contributed by atoms with van der Waals surface area (Å²) in [6.07, 6.45) is 3.38. The fourth-order valence-corrected chi connectivity index (χ4v) is 1.90. The summed E-state index contributed by atoms with van der Waals surface area (Å²) in [5, 5.41) is 4.19. The highest BCUT2D eigenvalue weighted by molar-refractivity contribution is 5.88. The average Bonchev–Trinajstić information content (AvgIpc) is 2.27. The number of nitrogens with zero attached hydrogens (tertiary/aromatic N) is 2. The van der Waals surface area contributed by atoms with Gasteiger partial charge in [0.2, 0.25) is 0 Å². The lowest BCUT2D eigenvalue weighted by Gasteiger charge is -2.14. The molecule has 0 fully saturated rings. The zero-order chi connectivity index (χ0) is 11.1. The van der Waals surface area contributed by atoms with Crippen molar-refractivity contribution in [3.05, 3.63) is 36.1 Å². The summed E-state index contributed by atoms with van der Waals surface area (Å²) >= 11 is 0. The number of anilines is 1. The molecule has 1 aromatic heterocycles. The number of fused-ring (bicyclic) bond motifs is 2. The Labute approximate surface area is 93.0 Å². The van der Waals surface area contributed by atoms with Crippen molar-refractivity contribution in [3.63, 3.8) is 0 Å². The molecule has 0 aliphatic carbocycles. The molecule has 0 amide bonds. The smallest absolute Gasteiger partial charge is 0.152 e. The van der Waals surface area contributed by atoms with Gasteiger partial charge in [-0.1, -0.05) is 0 Å². The first-order valence-corrected chi connectivity index (χ1v) is 5.11. The summed E-state index contributed by atoms with van der Waals surface area (Å²) in [6, 6.07) is 3.95. The average molecular weight is 213 g/mol. The molecule has 0 unspecified atom stereocenters. The lowest BCUT2D eigenvalue weighted by molar-refractivity contribution is 0.478. The van der Waals surface area contributed by atoms with Crippen LogP contribution in [0.3, 0.4) is 0 Å². The zero-order valence-electron chi connectivity index (χ0n) is 9.11. The van der Waals surface area contributed by atoms with Gasteiger partial charge in [-0.2, -0.15) is 0 Å². The van der Waals surface area contributed by atoms with E-state index in [4.69, 9.17) is 4.74 Å². The van der Waals surface area contributed by atoms with E-state index in [1.807, 2.05) is 26.0 Å². The maximum atomic E-state index is 5.41. The summed E-state index contributed by atoms with van der Waals surface area (Å²) < 4.78 is 5.41. The summed E-state index contributed by atoms with van der Waals surface area (Å²) in [4.78, 5) is 8.75. The van der Waals surface area contributed by atoms with Crippen LogP contribution in [0.2, 0.25) is 0 Å². The van der Waals surface area contributed by atoms with E-state index in [-0.39, 0.29) is 0 Å². The molecular weight excluding hydrogens is 202 g/mol. The predicted molar refractivity (Wildman–Crippen MR) is 62.4 cm³/mol. The minimum atomic E-state index is 0.782. The van der Waals surface area contributed by atoms with Crippen molar-refractivity contribution in [2.75, 3.05) is 5.32 Å². The van der Waals surface area contributed by atoms with Crippen LogP contribution in [0, 0.1) is 13.8 Å². The third-order valence-corrected chi connectivity index (χ3v) is 2.60. The summed E-state index contributed by atoms with van der Waals surface area (Å²) in [6.45, 7) is 3.88. The van der Waals surface area contributed by atoms with Crippen LogP contribution in [0.15, 0.2) is 24.6 Å². The number of aryl methyl sites for hydroxylation is 2. The number of ether oxygens (including phenoxy) is 1. The van der Waals surface area contributed by atoms with E-state index in [2.05, 4.69) is 15.3 Å². The molecule has 3 rings (SSSR count). The van der Waals surface area contributed by atoms with Gasteiger partial charge in [0.1, 0.15) is 12.1 Å². The van der Waals surface area contributed by atoms with Crippen LogP contribution in [0.5, 0.6) is 5.75 Å². The second-order valence-electron chi connectivity index (χ2n) is 3.79. The van der Waals surface area contributed by atoms with Gasteiger partial charge in [0.25, 0.3) is 0 Å². The van der Waals surface area contributed by atoms with Gasteiger partial charge >= 0.3 is 0 Å². The molecule has 0 radical (unpaired) electrons. The van der Waals surface area contributed by atoms with Crippen LogP contribution in [0.1, 0.15) is 11.5 Å². The molecule has 1 aromatic carbocycles. The minimum absolute atomic E-state index is 0.782. The van der Waals surface area contributed by atoms with E-state index < -0.39 is 0 Å². The Hall–Kier alpha value is -2.10. The maximum Gasteiger partial charge on any atom is 0.152 e. The molecule has 16 heavy (non-hydrogen) atoms. The van der Waals surface area contributed by atoms with Crippen LogP contribution < -0.4 is 10.1 Å². The Kier molecular flexibility index (Phi) is 1.83. The van der Waals surface area contributed by atoms with Crippen molar-refractivity contribution in [2.45, 2.75) is 13.8 Å². The standard InChI is InChI=1S/C12H11N3O/c1-7-9-5-11-12(16-4-3-13-11)6-10(9)15-8(2)14-7/h3-6,13H,1-2H3. The van der Waals surface area contributed by atoms with Crippen LogP contribution >= 0.6 is 0 Å². The largest absolute Gasteiger partial charge is 0.461 e. The molecule has 0 saturated heterocycles. The van der Waals surface area contributed by atoms with Crippen LogP contribution in [0.25, 0.3) is 10.9 Å². The Balaban J connectivity index is 2.33. The summed E-state index contributed by atoms with van der Waals surface area (Å²) in [5.41, 5.74) is 2.85. The van der Waals surface area contributed by atoms with Crippen molar-refractivity contribution in [2.24, 2.45) is 0 Å². The van der Waals surface area contributed by atoms with E-state index in [1.165, 1.54) is 0 Å².